The third-order valence-electron chi connectivity index (χ3n) is 5.36. The van der Waals surface area contributed by atoms with Gasteiger partial charge in [-0.1, -0.05) is 19.4 Å². The fourth-order valence-electron chi connectivity index (χ4n) is 3.49. The van der Waals surface area contributed by atoms with Crippen LogP contribution in [-0.4, -0.2) is 56.0 Å². The number of carbonyl (C=O) groups is 2. The van der Waals surface area contributed by atoms with E-state index in [9.17, 15) is 19.2 Å². The largest absolute Gasteiger partial charge is 0.494 e. The first kappa shape index (κ1) is 23.1. The average molecular weight is 439 g/mol. The Hall–Kier alpha value is -3.60. The molecule has 168 valence electrons. The molecule has 32 heavy (non-hydrogen) atoms. The molecular weight excluding hydrogens is 411 g/mol. The second-order valence-corrected chi connectivity index (χ2v) is 7.52. The number of nitriles is 1. The number of amides is 2. The van der Waals surface area contributed by atoms with Crippen LogP contribution in [0.3, 0.4) is 0 Å². The summed E-state index contributed by atoms with van der Waals surface area (Å²) in [5.41, 5.74) is 1.01. The SMILES string of the molecule is CCCCOc1ccc(C(=O)NCC(=O)N2CCN(c3cccc(F)c3C#N)CC2)cc1. The number of hydrogen-bond donors (Lipinski definition) is 1. The van der Waals surface area contributed by atoms with Crippen molar-refractivity contribution in [2.24, 2.45) is 0 Å². The molecule has 0 spiro atoms. The topological polar surface area (TPSA) is 85.7 Å². The van der Waals surface area contributed by atoms with Gasteiger partial charge in [-0.2, -0.15) is 5.26 Å². The Labute approximate surface area is 187 Å². The van der Waals surface area contributed by atoms with E-state index in [0.717, 1.165) is 12.8 Å². The standard InChI is InChI=1S/C24H27FN4O3/c1-2-3-15-32-19-9-7-18(8-10-19)24(31)27-17-23(30)29-13-11-28(12-14-29)22-6-4-5-21(25)20(22)16-26/h4-10H,2-3,11-15,17H2,1H3,(H,27,31). The Bertz CT molecular complexity index is 980. The average Bonchev–Trinajstić information content (AvgIpc) is 2.83. The molecule has 7 nitrogen and oxygen atoms in total. The van der Waals surface area contributed by atoms with Gasteiger partial charge in [-0.25, -0.2) is 4.39 Å². The van der Waals surface area contributed by atoms with Crippen LogP contribution in [0.25, 0.3) is 0 Å². The van der Waals surface area contributed by atoms with Crippen LogP contribution >= 0.6 is 0 Å². The number of anilines is 1. The smallest absolute Gasteiger partial charge is 0.251 e. The van der Waals surface area contributed by atoms with Gasteiger partial charge >= 0.3 is 0 Å². The van der Waals surface area contributed by atoms with Crippen molar-refractivity contribution in [2.45, 2.75) is 19.8 Å². The number of piperazine rings is 1. The summed E-state index contributed by atoms with van der Waals surface area (Å²) in [6.07, 6.45) is 2.02. The highest BCUT2D eigenvalue weighted by atomic mass is 19.1. The van der Waals surface area contributed by atoms with E-state index in [1.807, 2.05) is 11.0 Å². The number of unbranched alkanes of at least 4 members (excludes halogenated alkanes) is 1. The summed E-state index contributed by atoms with van der Waals surface area (Å²) in [4.78, 5) is 28.4. The Morgan fingerprint density at radius 1 is 1.12 bits per heavy atom. The highest BCUT2D eigenvalue weighted by molar-refractivity contribution is 5.96. The number of nitrogens with zero attached hydrogens (tertiary/aromatic N) is 3. The molecule has 0 saturated carbocycles. The van der Waals surface area contributed by atoms with E-state index in [1.54, 1.807) is 41.3 Å². The summed E-state index contributed by atoms with van der Waals surface area (Å²) >= 11 is 0. The van der Waals surface area contributed by atoms with Crippen molar-refractivity contribution in [1.82, 2.24) is 10.2 Å². The Morgan fingerprint density at radius 3 is 2.50 bits per heavy atom. The number of halogens is 1. The lowest BCUT2D eigenvalue weighted by Gasteiger charge is -2.36. The van der Waals surface area contributed by atoms with E-state index in [-0.39, 0.29) is 23.9 Å². The fourth-order valence-corrected chi connectivity index (χ4v) is 3.49. The van der Waals surface area contributed by atoms with Gasteiger partial charge in [0.15, 0.2) is 0 Å². The normalized spacial score (nSPS) is 13.4. The summed E-state index contributed by atoms with van der Waals surface area (Å²) < 4.78 is 19.4. The van der Waals surface area contributed by atoms with Crippen LogP contribution in [0, 0.1) is 17.1 Å². The van der Waals surface area contributed by atoms with E-state index in [0.29, 0.717) is 49.8 Å². The molecule has 1 saturated heterocycles. The van der Waals surface area contributed by atoms with Gasteiger partial charge in [0, 0.05) is 31.7 Å². The molecule has 1 N–H and O–H groups in total. The van der Waals surface area contributed by atoms with Crippen molar-refractivity contribution in [3.8, 4) is 11.8 Å². The lowest BCUT2D eigenvalue weighted by atomic mass is 10.1. The van der Waals surface area contributed by atoms with Gasteiger partial charge < -0.3 is 19.9 Å². The lowest BCUT2D eigenvalue weighted by molar-refractivity contribution is -0.130. The molecule has 2 aromatic carbocycles. The van der Waals surface area contributed by atoms with Gasteiger partial charge in [0.1, 0.15) is 23.2 Å². The maximum atomic E-state index is 13.9. The minimum atomic E-state index is -0.549. The van der Waals surface area contributed by atoms with Crippen LogP contribution in [0.2, 0.25) is 0 Å². The van der Waals surface area contributed by atoms with Gasteiger partial charge in [-0.05, 0) is 42.8 Å². The van der Waals surface area contributed by atoms with Crippen molar-refractivity contribution in [2.75, 3.05) is 44.2 Å². The Morgan fingerprint density at radius 2 is 1.84 bits per heavy atom. The summed E-state index contributed by atoms with van der Waals surface area (Å²) in [6, 6.07) is 13.3. The maximum Gasteiger partial charge on any atom is 0.251 e. The molecule has 1 heterocycles. The van der Waals surface area contributed by atoms with Gasteiger partial charge in [0.25, 0.3) is 5.91 Å². The van der Waals surface area contributed by atoms with Crippen molar-refractivity contribution < 1.29 is 18.7 Å². The van der Waals surface area contributed by atoms with Crippen molar-refractivity contribution >= 4 is 17.5 Å². The number of rotatable bonds is 8. The highest BCUT2D eigenvalue weighted by Gasteiger charge is 2.24. The fraction of sp³-hybridized carbons (Fsp3) is 0.375. The molecule has 3 rings (SSSR count). The Kier molecular flexibility index (Phi) is 8.03. The zero-order valence-corrected chi connectivity index (χ0v) is 18.1. The number of nitrogens with one attached hydrogen (secondary N) is 1. The van der Waals surface area contributed by atoms with E-state index in [2.05, 4.69) is 12.2 Å². The second kappa shape index (κ2) is 11.1. The van der Waals surface area contributed by atoms with Gasteiger partial charge in [-0.15, -0.1) is 0 Å². The molecule has 0 aliphatic carbocycles. The predicted octanol–water partition coefficient (Wildman–Crippen LogP) is 2.95. The van der Waals surface area contributed by atoms with E-state index < -0.39 is 5.82 Å². The molecule has 2 aromatic rings. The van der Waals surface area contributed by atoms with Crippen LogP contribution in [0.15, 0.2) is 42.5 Å². The third kappa shape index (κ3) is 5.76. The molecule has 0 bridgehead atoms. The molecule has 0 atom stereocenters. The number of hydrogen-bond acceptors (Lipinski definition) is 5. The molecule has 8 heteroatoms. The minimum Gasteiger partial charge on any atom is -0.494 e. The first-order valence-electron chi connectivity index (χ1n) is 10.8. The summed E-state index contributed by atoms with van der Waals surface area (Å²) in [7, 11) is 0. The monoisotopic (exact) mass is 438 g/mol. The van der Waals surface area contributed by atoms with Crippen molar-refractivity contribution in [1.29, 1.82) is 5.26 Å². The van der Waals surface area contributed by atoms with E-state index >= 15 is 0 Å². The van der Waals surface area contributed by atoms with Crippen molar-refractivity contribution in [3.63, 3.8) is 0 Å². The van der Waals surface area contributed by atoms with E-state index in [1.165, 1.54) is 6.07 Å². The number of benzene rings is 2. The lowest BCUT2D eigenvalue weighted by Crippen LogP contribution is -2.51. The van der Waals surface area contributed by atoms with Crippen molar-refractivity contribution in [3.05, 3.63) is 59.4 Å². The number of carbonyl (C=O) groups excluding carboxylic acids is 2. The highest BCUT2D eigenvalue weighted by Crippen LogP contribution is 2.23. The molecular formula is C24H27FN4O3. The summed E-state index contributed by atoms with van der Waals surface area (Å²) in [5, 5.41) is 11.9. The molecule has 0 radical (unpaired) electrons. The van der Waals surface area contributed by atoms with Crippen LogP contribution in [0.1, 0.15) is 35.7 Å². The molecule has 1 aliphatic rings. The van der Waals surface area contributed by atoms with Crippen LogP contribution in [-0.2, 0) is 4.79 Å². The second-order valence-electron chi connectivity index (χ2n) is 7.52. The first-order valence-corrected chi connectivity index (χ1v) is 10.8. The summed E-state index contributed by atoms with van der Waals surface area (Å²) in [6.45, 7) is 4.46. The first-order chi connectivity index (χ1) is 15.5. The molecule has 1 aliphatic heterocycles. The van der Waals surface area contributed by atoms with Crippen LogP contribution in [0.5, 0.6) is 5.75 Å². The van der Waals surface area contributed by atoms with Crippen LogP contribution in [0.4, 0.5) is 10.1 Å². The van der Waals surface area contributed by atoms with E-state index in [4.69, 9.17) is 4.74 Å². The van der Waals surface area contributed by atoms with Crippen LogP contribution < -0.4 is 15.0 Å². The minimum absolute atomic E-state index is 0.0151. The molecule has 1 fully saturated rings. The third-order valence-corrected chi connectivity index (χ3v) is 5.36. The zero-order valence-electron chi connectivity index (χ0n) is 18.1. The summed E-state index contributed by atoms with van der Waals surface area (Å²) in [5.74, 6) is -0.346. The van der Waals surface area contributed by atoms with Gasteiger partial charge in [0.2, 0.25) is 5.91 Å². The predicted molar refractivity (Wildman–Crippen MR) is 119 cm³/mol. The Balaban J connectivity index is 1.47. The molecule has 0 unspecified atom stereocenters. The quantitative estimate of drug-likeness (QED) is 0.641. The maximum absolute atomic E-state index is 13.9. The number of ether oxygens (including phenoxy) is 1. The molecule has 0 aromatic heterocycles. The zero-order chi connectivity index (χ0) is 22.9. The van der Waals surface area contributed by atoms with Gasteiger partial charge in [-0.3, -0.25) is 9.59 Å². The molecule has 2 amide bonds. The van der Waals surface area contributed by atoms with Gasteiger partial charge in [0.05, 0.1) is 18.8 Å².